The molecule has 1 N–H and O–H groups in total. The van der Waals surface area contributed by atoms with Crippen molar-refractivity contribution in [2.45, 2.75) is 12.7 Å². The Hall–Kier alpha value is -2.37. The van der Waals surface area contributed by atoms with E-state index in [-0.39, 0.29) is 12.1 Å². The zero-order chi connectivity index (χ0) is 16.8. The first-order valence-corrected chi connectivity index (χ1v) is 8.06. The van der Waals surface area contributed by atoms with Crippen LogP contribution in [-0.4, -0.2) is 37.7 Å². The Morgan fingerprint density at radius 1 is 1.08 bits per heavy atom. The smallest absolute Gasteiger partial charge is 0.235 e. The summed E-state index contributed by atoms with van der Waals surface area (Å²) in [7, 11) is 1.65. The molecular formula is C19H22N2O3. The van der Waals surface area contributed by atoms with Gasteiger partial charge in [0.25, 0.3) is 0 Å². The summed E-state index contributed by atoms with van der Waals surface area (Å²) in [6.45, 7) is 2.09. The molecule has 1 amide bonds. The fourth-order valence-corrected chi connectivity index (χ4v) is 2.88. The number of carbonyl (C=O) groups is 1. The third kappa shape index (κ3) is 3.93. The van der Waals surface area contributed by atoms with Gasteiger partial charge in [-0.25, -0.2) is 0 Å². The van der Waals surface area contributed by atoms with Crippen LogP contribution in [-0.2, 0) is 16.1 Å². The first-order valence-electron chi connectivity index (χ1n) is 8.06. The molecule has 1 aliphatic rings. The fraction of sp³-hybridized carbons (Fsp3) is 0.316. The Labute approximate surface area is 142 Å². The number of carbonyl (C=O) groups excluding carboxylic acids is 1. The highest BCUT2D eigenvalue weighted by Crippen LogP contribution is 2.31. The summed E-state index contributed by atoms with van der Waals surface area (Å²) in [5.41, 5.74) is 2.15. The van der Waals surface area contributed by atoms with Crippen LogP contribution in [0.1, 0.15) is 17.3 Å². The minimum atomic E-state index is -0.184. The minimum absolute atomic E-state index is 0.0302. The van der Waals surface area contributed by atoms with E-state index in [9.17, 15) is 4.79 Å². The van der Waals surface area contributed by atoms with Gasteiger partial charge in [-0.15, -0.1) is 0 Å². The Balaban J connectivity index is 1.80. The lowest BCUT2D eigenvalue weighted by atomic mass is 10.1. The molecule has 1 saturated heterocycles. The quantitative estimate of drug-likeness (QED) is 0.794. The second-order valence-electron chi connectivity index (χ2n) is 5.74. The second-order valence-corrected chi connectivity index (χ2v) is 5.74. The predicted molar refractivity (Wildman–Crippen MR) is 91.5 cm³/mol. The number of methoxy groups -OCH3 is 1. The molecule has 2 aromatic rings. The Kier molecular flexibility index (Phi) is 5.46. The molecule has 0 radical (unpaired) electrons. The van der Waals surface area contributed by atoms with Gasteiger partial charge >= 0.3 is 0 Å². The van der Waals surface area contributed by atoms with Crippen molar-refractivity contribution < 1.29 is 14.3 Å². The van der Waals surface area contributed by atoms with Gasteiger partial charge in [-0.1, -0.05) is 48.5 Å². The summed E-state index contributed by atoms with van der Waals surface area (Å²) in [6, 6.07) is 18.0. The van der Waals surface area contributed by atoms with Crippen molar-refractivity contribution in [1.82, 2.24) is 10.2 Å². The SMILES string of the molecule is COCCOc1ccccc1C1NC(=O)CN1Cc1ccccc1. The van der Waals surface area contributed by atoms with Gasteiger partial charge in [0.15, 0.2) is 0 Å². The number of hydrogen-bond donors (Lipinski definition) is 1. The van der Waals surface area contributed by atoms with E-state index in [1.54, 1.807) is 7.11 Å². The van der Waals surface area contributed by atoms with Crippen molar-refractivity contribution in [3.05, 3.63) is 65.7 Å². The lowest BCUT2D eigenvalue weighted by Crippen LogP contribution is -2.28. The molecule has 1 atom stereocenters. The summed E-state index contributed by atoms with van der Waals surface area (Å²) < 4.78 is 10.9. The van der Waals surface area contributed by atoms with Crippen molar-refractivity contribution in [2.24, 2.45) is 0 Å². The van der Waals surface area contributed by atoms with E-state index in [1.807, 2.05) is 42.5 Å². The molecule has 1 aliphatic heterocycles. The largest absolute Gasteiger partial charge is 0.491 e. The maximum absolute atomic E-state index is 12.0. The average Bonchev–Trinajstić information content (AvgIpc) is 2.96. The number of hydrogen-bond acceptors (Lipinski definition) is 4. The van der Waals surface area contributed by atoms with Gasteiger partial charge in [0.2, 0.25) is 5.91 Å². The van der Waals surface area contributed by atoms with E-state index in [2.05, 4.69) is 22.3 Å². The number of nitrogens with zero attached hydrogens (tertiary/aromatic N) is 1. The van der Waals surface area contributed by atoms with Gasteiger partial charge in [-0.05, 0) is 11.6 Å². The zero-order valence-electron chi connectivity index (χ0n) is 13.8. The number of benzene rings is 2. The molecule has 24 heavy (non-hydrogen) atoms. The Bertz CT molecular complexity index is 675. The number of para-hydroxylation sites is 1. The highest BCUT2D eigenvalue weighted by Gasteiger charge is 2.32. The zero-order valence-corrected chi connectivity index (χ0v) is 13.8. The molecule has 1 fully saturated rings. The van der Waals surface area contributed by atoms with Gasteiger partial charge in [-0.3, -0.25) is 9.69 Å². The summed E-state index contributed by atoms with van der Waals surface area (Å²) in [6.07, 6.45) is -0.184. The van der Waals surface area contributed by atoms with Crippen LogP contribution in [0.15, 0.2) is 54.6 Å². The predicted octanol–water partition coefficient (Wildman–Crippen LogP) is 2.34. The van der Waals surface area contributed by atoms with Crippen molar-refractivity contribution in [3.63, 3.8) is 0 Å². The van der Waals surface area contributed by atoms with E-state index in [0.29, 0.717) is 26.3 Å². The van der Waals surface area contributed by atoms with Crippen LogP contribution in [0, 0.1) is 0 Å². The molecule has 5 nitrogen and oxygen atoms in total. The van der Waals surface area contributed by atoms with Crippen LogP contribution < -0.4 is 10.1 Å². The van der Waals surface area contributed by atoms with Crippen LogP contribution in [0.3, 0.4) is 0 Å². The first-order chi connectivity index (χ1) is 11.8. The van der Waals surface area contributed by atoms with Crippen LogP contribution in [0.25, 0.3) is 0 Å². The molecule has 5 heteroatoms. The summed E-state index contributed by atoms with van der Waals surface area (Å²) in [4.78, 5) is 14.1. The maximum Gasteiger partial charge on any atom is 0.235 e. The highest BCUT2D eigenvalue weighted by atomic mass is 16.5. The molecule has 3 rings (SSSR count). The van der Waals surface area contributed by atoms with Crippen molar-refractivity contribution in [3.8, 4) is 5.75 Å². The number of amides is 1. The van der Waals surface area contributed by atoms with Crippen LogP contribution >= 0.6 is 0 Å². The first kappa shape index (κ1) is 16.5. The molecule has 1 heterocycles. The number of ether oxygens (including phenoxy) is 2. The molecule has 0 saturated carbocycles. The van der Waals surface area contributed by atoms with Gasteiger partial charge in [0, 0.05) is 19.2 Å². The fourth-order valence-electron chi connectivity index (χ4n) is 2.88. The maximum atomic E-state index is 12.0. The normalized spacial score (nSPS) is 17.7. The molecule has 1 unspecified atom stereocenters. The van der Waals surface area contributed by atoms with E-state index in [0.717, 1.165) is 11.3 Å². The molecule has 0 aliphatic carbocycles. The van der Waals surface area contributed by atoms with Gasteiger partial charge in [0.05, 0.1) is 13.2 Å². The monoisotopic (exact) mass is 326 g/mol. The van der Waals surface area contributed by atoms with Gasteiger partial charge in [0.1, 0.15) is 18.5 Å². The molecule has 0 bridgehead atoms. The van der Waals surface area contributed by atoms with Crippen LogP contribution in [0.4, 0.5) is 0 Å². The lowest BCUT2D eigenvalue weighted by molar-refractivity contribution is -0.118. The molecular weight excluding hydrogens is 304 g/mol. The minimum Gasteiger partial charge on any atom is -0.491 e. The van der Waals surface area contributed by atoms with Crippen molar-refractivity contribution in [1.29, 1.82) is 0 Å². The standard InChI is InChI=1S/C19H22N2O3/c1-23-11-12-24-17-10-6-5-9-16(17)19-20-18(22)14-21(19)13-15-7-3-2-4-8-15/h2-10,19H,11-14H2,1H3,(H,20,22). The number of rotatable bonds is 7. The van der Waals surface area contributed by atoms with E-state index in [4.69, 9.17) is 9.47 Å². The molecule has 2 aromatic carbocycles. The van der Waals surface area contributed by atoms with Crippen LogP contribution in [0.5, 0.6) is 5.75 Å². The number of nitrogens with one attached hydrogen (secondary N) is 1. The van der Waals surface area contributed by atoms with E-state index in [1.165, 1.54) is 5.56 Å². The van der Waals surface area contributed by atoms with E-state index >= 15 is 0 Å². The summed E-state index contributed by atoms with van der Waals surface area (Å²) >= 11 is 0. The topological polar surface area (TPSA) is 50.8 Å². The van der Waals surface area contributed by atoms with Gasteiger partial charge in [-0.2, -0.15) is 0 Å². The van der Waals surface area contributed by atoms with Crippen LogP contribution in [0.2, 0.25) is 0 Å². The third-order valence-electron chi connectivity index (χ3n) is 4.00. The molecule has 126 valence electrons. The molecule has 0 spiro atoms. The van der Waals surface area contributed by atoms with Crippen molar-refractivity contribution >= 4 is 5.91 Å². The average molecular weight is 326 g/mol. The van der Waals surface area contributed by atoms with E-state index < -0.39 is 0 Å². The lowest BCUT2D eigenvalue weighted by Gasteiger charge is -2.25. The summed E-state index contributed by atoms with van der Waals surface area (Å²) in [5, 5.41) is 3.05. The third-order valence-corrected chi connectivity index (χ3v) is 4.00. The van der Waals surface area contributed by atoms with Crippen molar-refractivity contribution in [2.75, 3.05) is 26.9 Å². The molecule has 0 aromatic heterocycles. The second kappa shape index (κ2) is 7.95. The Morgan fingerprint density at radius 2 is 1.83 bits per heavy atom. The Morgan fingerprint density at radius 3 is 2.62 bits per heavy atom. The summed E-state index contributed by atoms with van der Waals surface area (Å²) in [5.74, 6) is 0.808. The van der Waals surface area contributed by atoms with Gasteiger partial charge < -0.3 is 14.8 Å². The highest BCUT2D eigenvalue weighted by molar-refractivity contribution is 5.80.